The molecule has 3 fully saturated rings. The molecular formula is C53H46N4O12. The Bertz CT molecular complexity index is 3140. The molecule has 6 amide bonds. The van der Waals surface area contributed by atoms with Gasteiger partial charge in [0.15, 0.2) is 6.29 Å². The zero-order valence-corrected chi connectivity index (χ0v) is 37.2. The lowest BCUT2D eigenvalue weighted by Gasteiger charge is -2.32. The standard InChI is InChI=1S/C53H46N4O12/c1-26-5-2-9-37(36(26)23-58)67-24-33(22-55-53(65)66)56-49(61)35-19-31-8-4-10-38(44(31)48(60)45(35)50(56)62)68-25-32(57-51(63)46-39-17-18-40(69-39)47(46)52(57)64)21-54-41(59)20-30-14-13-29-12-11-27-6-3-7-28-15-16-34(30)43(29)42(27)28/h2-18,23,32-33,35,39-40,45-48,55,60H,19-22,24-25H2,1H3,(H,54,59)(H,65,66). The number of hydrogen-bond acceptors (Lipinski definition) is 11. The predicted molar refractivity (Wildman–Crippen MR) is 249 cm³/mol. The third-order valence-corrected chi connectivity index (χ3v) is 14.7. The fourth-order valence-corrected chi connectivity index (χ4v) is 11.4. The predicted octanol–water partition coefficient (Wildman–Crippen LogP) is 4.66. The van der Waals surface area contributed by atoms with Crippen molar-refractivity contribution in [3.05, 3.63) is 131 Å². The van der Waals surface area contributed by atoms with Crippen LogP contribution in [0.25, 0.3) is 32.3 Å². The molecule has 4 aliphatic heterocycles. The highest BCUT2D eigenvalue weighted by atomic mass is 16.5. The smallest absolute Gasteiger partial charge is 0.404 e. The van der Waals surface area contributed by atoms with Crippen LogP contribution in [0, 0.1) is 30.6 Å². The number of rotatable bonds is 15. The lowest BCUT2D eigenvalue weighted by atomic mass is 9.75. The molecule has 9 unspecified atom stereocenters. The van der Waals surface area contributed by atoms with E-state index in [9.17, 15) is 43.8 Å². The number of benzene rings is 6. The summed E-state index contributed by atoms with van der Waals surface area (Å²) >= 11 is 0. The number of likely N-dealkylation sites (tertiary alicyclic amines) is 2. The molecule has 4 N–H and O–H groups in total. The molecule has 0 saturated carbocycles. The molecule has 16 heteroatoms. The maximum atomic E-state index is 14.3. The second-order valence-corrected chi connectivity index (χ2v) is 18.5. The van der Waals surface area contributed by atoms with E-state index in [1.54, 1.807) is 55.5 Å². The Balaban J connectivity index is 0.841. The first kappa shape index (κ1) is 43.9. The van der Waals surface area contributed by atoms with Crippen molar-refractivity contribution in [3.8, 4) is 11.5 Å². The minimum absolute atomic E-state index is 0.0204. The molecule has 6 aromatic carbocycles. The minimum Gasteiger partial charge on any atom is -0.491 e. The lowest BCUT2D eigenvalue weighted by Crippen LogP contribution is -2.51. The molecule has 0 radical (unpaired) electrons. The third kappa shape index (κ3) is 7.24. The topological polar surface area (TPSA) is 218 Å². The normalized spacial score (nSPS) is 24.2. The van der Waals surface area contributed by atoms with Crippen molar-refractivity contribution in [1.82, 2.24) is 20.4 Å². The van der Waals surface area contributed by atoms with Gasteiger partial charge < -0.3 is 35.1 Å². The largest absolute Gasteiger partial charge is 0.491 e. The molecule has 0 spiro atoms. The summed E-state index contributed by atoms with van der Waals surface area (Å²) in [5.41, 5.74) is 2.48. The monoisotopic (exact) mass is 930 g/mol. The molecule has 69 heavy (non-hydrogen) atoms. The summed E-state index contributed by atoms with van der Waals surface area (Å²) in [6, 6.07) is 26.1. The average molecular weight is 931 g/mol. The van der Waals surface area contributed by atoms with Crippen molar-refractivity contribution in [1.29, 1.82) is 0 Å². The van der Waals surface area contributed by atoms with E-state index in [4.69, 9.17) is 14.2 Å². The number of carboxylic acid groups (broad SMARTS) is 1. The van der Waals surface area contributed by atoms with Gasteiger partial charge in [-0.05, 0) is 74.5 Å². The molecule has 0 aromatic heterocycles. The van der Waals surface area contributed by atoms with Gasteiger partial charge in [0, 0.05) is 18.7 Å². The number of ether oxygens (including phenoxy) is 3. The quantitative estimate of drug-likeness (QED) is 0.0479. The van der Waals surface area contributed by atoms with E-state index in [0.29, 0.717) is 17.4 Å². The summed E-state index contributed by atoms with van der Waals surface area (Å²) in [7, 11) is 0. The molecule has 5 aliphatic rings. The number of hydrogen-bond donors (Lipinski definition) is 4. The molecule has 6 aromatic rings. The van der Waals surface area contributed by atoms with Crippen molar-refractivity contribution in [2.24, 2.45) is 23.7 Å². The van der Waals surface area contributed by atoms with Crippen LogP contribution >= 0.6 is 0 Å². The highest BCUT2D eigenvalue weighted by Crippen LogP contribution is 2.49. The summed E-state index contributed by atoms with van der Waals surface area (Å²) in [5, 5.41) is 33.2. The first-order valence-electron chi connectivity index (χ1n) is 23.0. The maximum absolute atomic E-state index is 14.3. The SMILES string of the molecule is Cc1cccc(OCC(CNC(=O)O)N2C(=O)C3Cc4cccc(OCC(CNC(=O)Cc5ccc6ccc7cccc8ccc5c6c78)N5C(=O)C6C7C=CC(O7)C6C5=O)c4C(O)C3C2=O)c1C=O. The molecule has 2 bridgehead atoms. The number of aliphatic hydroxyl groups excluding tert-OH is 1. The van der Waals surface area contributed by atoms with E-state index < -0.39 is 83.8 Å². The summed E-state index contributed by atoms with van der Waals surface area (Å²) in [6.07, 6.45) is 0.206. The van der Waals surface area contributed by atoms with Crippen LogP contribution in [0.3, 0.4) is 0 Å². The molecule has 11 rings (SSSR count). The molecule has 16 nitrogen and oxygen atoms in total. The Morgan fingerprint density at radius 2 is 1.30 bits per heavy atom. The van der Waals surface area contributed by atoms with Gasteiger partial charge in [-0.2, -0.15) is 0 Å². The number of nitrogens with zero attached hydrogens (tertiary/aromatic N) is 2. The minimum atomic E-state index is -1.56. The number of carbonyl (C=O) groups excluding carboxylic acids is 6. The van der Waals surface area contributed by atoms with Crippen LogP contribution in [0.4, 0.5) is 4.79 Å². The van der Waals surface area contributed by atoms with Crippen molar-refractivity contribution < 1.29 is 58.0 Å². The Hall–Kier alpha value is -7.69. The first-order chi connectivity index (χ1) is 33.4. The van der Waals surface area contributed by atoms with E-state index in [1.165, 1.54) is 4.90 Å². The van der Waals surface area contributed by atoms with Crippen LogP contribution in [0.5, 0.6) is 11.5 Å². The van der Waals surface area contributed by atoms with E-state index in [-0.39, 0.29) is 67.7 Å². The van der Waals surface area contributed by atoms with Crippen LogP contribution in [-0.2, 0) is 41.6 Å². The van der Waals surface area contributed by atoms with Gasteiger partial charge in [0.2, 0.25) is 29.5 Å². The second-order valence-electron chi connectivity index (χ2n) is 18.5. The zero-order chi connectivity index (χ0) is 47.8. The second kappa shape index (κ2) is 17.1. The molecule has 350 valence electrons. The van der Waals surface area contributed by atoms with Crippen LogP contribution in [0.2, 0.25) is 0 Å². The van der Waals surface area contributed by atoms with Crippen molar-refractivity contribution in [3.63, 3.8) is 0 Å². The zero-order valence-electron chi connectivity index (χ0n) is 37.2. The maximum Gasteiger partial charge on any atom is 0.404 e. The van der Waals surface area contributed by atoms with Gasteiger partial charge in [0.05, 0.1) is 66.1 Å². The van der Waals surface area contributed by atoms with Gasteiger partial charge in [0.25, 0.3) is 0 Å². The van der Waals surface area contributed by atoms with Gasteiger partial charge >= 0.3 is 6.09 Å². The Morgan fingerprint density at radius 3 is 2.00 bits per heavy atom. The third-order valence-electron chi connectivity index (χ3n) is 14.7. The summed E-state index contributed by atoms with van der Waals surface area (Å²) < 4.78 is 18.3. The van der Waals surface area contributed by atoms with Gasteiger partial charge in [-0.1, -0.05) is 91.0 Å². The lowest BCUT2D eigenvalue weighted by molar-refractivity contribution is -0.147. The Labute approximate surface area is 394 Å². The number of nitrogens with one attached hydrogen (secondary N) is 2. The highest BCUT2D eigenvalue weighted by Gasteiger charge is 2.62. The van der Waals surface area contributed by atoms with Crippen LogP contribution < -0.4 is 20.1 Å². The Morgan fingerprint density at radius 1 is 0.725 bits per heavy atom. The number of carbonyl (C=O) groups is 7. The Kier molecular flexibility index (Phi) is 10.9. The number of aryl methyl sites for hydroxylation is 1. The molecule has 3 saturated heterocycles. The van der Waals surface area contributed by atoms with Gasteiger partial charge in [-0.15, -0.1) is 0 Å². The van der Waals surface area contributed by atoms with E-state index in [2.05, 4.69) is 34.9 Å². The fraction of sp³-hybridized carbons (Fsp3) is 0.302. The van der Waals surface area contributed by atoms with Gasteiger partial charge in [-0.25, -0.2) is 4.79 Å². The number of imide groups is 2. The summed E-state index contributed by atoms with van der Waals surface area (Å²) in [4.78, 5) is 96.4. The number of aliphatic hydroxyl groups is 1. The van der Waals surface area contributed by atoms with Crippen LogP contribution in [0.15, 0.2) is 103 Å². The fourth-order valence-electron chi connectivity index (χ4n) is 11.4. The first-order valence-corrected chi connectivity index (χ1v) is 23.0. The molecule has 4 heterocycles. The molecule has 1 aliphatic carbocycles. The van der Waals surface area contributed by atoms with Crippen molar-refractivity contribution in [2.45, 2.75) is 50.2 Å². The highest BCUT2D eigenvalue weighted by molar-refractivity contribution is 6.23. The van der Waals surface area contributed by atoms with Crippen LogP contribution in [-0.4, -0.2) is 113 Å². The average Bonchev–Trinajstić information content (AvgIpc) is 4.09. The van der Waals surface area contributed by atoms with E-state index in [1.807, 2.05) is 30.3 Å². The van der Waals surface area contributed by atoms with E-state index in [0.717, 1.165) is 42.8 Å². The summed E-state index contributed by atoms with van der Waals surface area (Å²) in [6.45, 7) is 0.532. The molecule has 9 atom stereocenters. The van der Waals surface area contributed by atoms with Crippen molar-refractivity contribution >= 4 is 74.2 Å². The number of aldehydes is 1. The number of fused-ring (bicyclic) bond motifs is 7. The van der Waals surface area contributed by atoms with Crippen molar-refractivity contribution in [2.75, 3.05) is 26.3 Å². The number of amides is 6. The molecular weight excluding hydrogens is 885 g/mol. The van der Waals surface area contributed by atoms with E-state index >= 15 is 0 Å². The van der Waals surface area contributed by atoms with Gasteiger partial charge in [0.1, 0.15) is 24.7 Å². The summed E-state index contributed by atoms with van der Waals surface area (Å²) in [5.74, 6) is -5.95. The van der Waals surface area contributed by atoms with Gasteiger partial charge in [-0.3, -0.25) is 38.6 Å². The van der Waals surface area contributed by atoms with Crippen LogP contribution in [0.1, 0.15) is 38.7 Å².